The number of primary amides is 1. The molecule has 66 heavy (non-hydrogen) atoms. The summed E-state index contributed by atoms with van der Waals surface area (Å²) in [5.41, 5.74) is 3.61. The lowest BCUT2D eigenvalue weighted by Crippen LogP contribution is -2.63. The van der Waals surface area contributed by atoms with Gasteiger partial charge < -0.3 is 40.7 Å². The monoisotopic (exact) mass is 963 g/mol. The summed E-state index contributed by atoms with van der Waals surface area (Å²) in [5, 5.41) is 17.3. The van der Waals surface area contributed by atoms with E-state index in [-0.39, 0.29) is 66.4 Å². The number of phosphoric ester groups is 2. The molecule has 0 radical (unpaired) electrons. The minimum atomic E-state index is -5.43. The number of nitrogens with one attached hydrogen (secondary N) is 2. The number of nitrogens with two attached hydrogens (primary N) is 1. The molecule has 1 aromatic rings. The van der Waals surface area contributed by atoms with E-state index in [4.69, 9.17) is 24.3 Å². The molecule has 6 rings (SSSR count). The second kappa shape index (κ2) is 20.7. The van der Waals surface area contributed by atoms with Crippen molar-refractivity contribution in [1.29, 1.82) is 0 Å². The standard InChI is InChI=1S/C46H67N3O15P2/c1-7-9-40-62-39-23-35-34-17-14-31-22-33(50)19-20-44(31,5)41(34)37(52)24-45(35,6)46(39,63-40)38(53)26-61-66(58,59)64-65(56,57)60-25-29-11-15-32(16-12-29)49-42(54)30(10-8-21-48-43(47)55)13-18-36(51)28(4)27(2)3/h11-12,15-16,19-20,22,27-28,30,34-35,37,39-41,52H,7-10,13-14,17-18,21,23-26H2,1-6H3,(H,49,54)(H,56,57)(H,58,59)(H3,47,48,55)/t28-,30+,34-,35-,37-,39+,40?,41+,44-,45-,46+/m0/s1. The summed E-state index contributed by atoms with van der Waals surface area (Å²) >= 11 is 0. The molecule has 0 aromatic heterocycles. The predicted molar refractivity (Wildman–Crippen MR) is 241 cm³/mol. The van der Waals surface area contributed by atoms with Crippen LogP contribution in [-0.4, -0.2) is 81.4 Å². The minimum Gasteiger partial charge on any atom is -0.393 e. The zero-order chi connectivity index (χ0) is 48.4. The van der Waals surface area contributed by atoms with E-state index >= 15 is 0 Å². The second-order valence-electron chi connectivity index (χ2n) is 19.5. The lowest BCUT2D eigenvalue weighted by atomic mass is 9.46. The molecule has 0 bridgehead atoms. The summed E-state index contributed by atoms with van der Waals surface area (Å²) in [6.45, 7) is 10.3. The highest BCUT2D eigenvalue weighted by atomic mass is 31.3. The molecular weight excluding hydrogens is 896 g/mol. The van der Waals surface area contributed by atoms with Crippen molar-refractivity contribution in [2.75, 3.05) is 18.5 Å². The number of hydrogen-bond acceptors (Lipinski definition) is 13. The van der Waals surface area contributed by atoms with Gasteiger partial charge in [-0.05, 0) is 99.0 Å². The molecule has 0 spiro atoms. The molecule has 4 aliphatic carbocycles. The van der Waals surface area contributed by atoms with Gasteiger partial charge in [0.15, 0.2) is 23.5 Å². The number of rotatable bonds is 22. The Bertz CT molecular complexity index is 2170. The van der Waals surface area contributed by atoms with E-state index in [1.54, 1.807) is 12.2 Å². The van der Waals surface area contributed by atoms with E-state index in [1.807, 2.05) is 47.6 Å². The van der Waals surface area contributed by atoms with Gasteiger partial charge >= 0.3 is 21.7 Å². The molecule has 1 saturated heterocycles. The van der Waals surface area contributed by atoms with Crippen LogP contribution in [0, 0.1) is 46.3 Å². The maximum Gasteiger partial charge on any atom is 0.481 e. The third kappa shape index (κ3) is 11.0. The van der Waals surface area contributed by atoms with Gasteiger partial charge in [-0.15, -0.1) is 0 Å². The molecule has 1 aliphatic heterocycles. The number of anilines is 1. The van der Waals surface area contributed by atoms with Crippen LogP contribution in [0.2, 0.25) is 0 Å². The van der Waals surface area contributed by atoms with Gasteiger partial charge in [0.1, 0.15) is 12.4 Å². The molecule has 20 heteroatoms. The molecule has 18 nitrogen and oxygen atoms in total. The number of amides is 3. The van der Waals surface area contributed by atoms with Crippen molar-refractivity contribution in [2.24, 2.45) is 52.1 Å². The average Bonchev–Trinajstić information content (AvgIpc) is 3.73. The number of hydrogen-bond donors (Lipinski definition) is 6. The van der Waals surface area contributed by atoms with Crippen molar-refractivity contribution in [3.05, 3.63) is 53.6 Å². The van der Waals surface area contributed by atoms with Crippen LogP contribution in [0.1, 0.15) is 111 Å². The third-order valence-corrected chi connectivity index (χ3v) is 17.6. The Morgan fingerprint density at radius 3 is 2.39 bits per heavy atom. The van der Waals surface area contributed by atoms with Gasteiger partial charge in [-0.1, -0.05) is 71.7 Å². The molecule has 5 aliphatic rings. The molecule has 3 unspecified atom stereocenters. The number of carbonyl (C=O) groups excluding carboxylic acids is 5. The van der Waals surface area contributed by atoms with Crippen molar-refractivity contribution in [3.63, 3.8) is 0 Å². The van der Waals surface area contributed by atoms with Crippen molar-refractivity contribution in [1.82, 2.24) is 5.32 Å². The van der Waals surface area contributed by atoms with Gasteiger partial charge in [0.05, 0.1) is 18.8 Å². The number of Topliss-reactive ketones (excluding diaryl/α,β-unsaturated/α-hetero) is 2. The molecule has 13 atom stereocenters. The number of carbonyl (C=O) groups is 5. The minimum absolute atomic E-state index is 0.0530. The average molecular weight is 964 g/mol. The Kier molecular flexibility index (Phi) is 16.3. The number of ketones is 3. The highest BCUT2D eigenvalue weighted by Gasteiger charge is 2.76. The van der Waals surface area contributed by atoms with Crippen LogP contribution < -0.4 is 16.4 Å². The number of ether oxygens (including phenoxy) is 2. The third-order valence-electron chi connectivity index (χ3n) is 15.1. The number of aliphatic hydroxyl groups excluding tert-OH is 1. The lowest BCUT2D eigenvalue weighted by Gasteiger charge is -2.59. The van der Waals surface area contributed by atoms with Crippen molar-refractivity contribution in [3.8, 4) is 0 Å². The molecule has 3 saturated carbocycles. The highest BCUT2D eigenvalue weighted by Crippen LogP contribution is 2.70. The maximum atomic E-state index is 14.5. The molecule has 7 N–H and O–H groups in total. The zero-order valence-electron chi connectivity index (χ0n) is 38.6. The quantitative estimate of drug-likeness (QED) is 0.0514. The van der Waals surface area contributed by atoms with Gasteiger partial charge in [-0.3, -0.25) is 28.2 Å². The van der Waals surface area contributed by atoms with Crippen LogP contribution in [-0.2, 0) is 57.7 Å². The summed E-state index contributed by atoms with van der Waals surface area (Å²) in [6, 6.07) is 5.34. The van der Waals surface area contributed by atoms with Crippen LogP contribution in [0.15, 0.2) is 48.1 Å². The fourth-order valence-corrected chi connectivity index (χ4v) is 13.4. The van der Waals surface area contributed by atoms with Gasteiger partial charge in [0.25, 0.3) is 0 Å². The molecule has 1 heterocycles. The van der Waals surface area contributed by atoms with Crippen LogP contribution in [0.4, 0.5) is 10.5 Å². The van der Waals surface area contributed by atoms with Gasteiger partial charge in [0, 0.05) is 47.2 Å². The van der Waals surface area contributed by atoms with E-state index in [1.165, 1.54) is 24.3 Å². The summed E-state index contributed by atoms with van der Waals surface area (Å²) in [7, 11) is -10.7. The normalized spacial score (nSPS) is 32.7. The Morgan fingerprint density at radius 1 is 1.03 bits per heavy atom. The van der Waals surface area contributed by atoms with Crippen LogP contribution in [0.5, 0.6) is 0 Å². The van der Waals surface area contributed by atoms with Crippen LogP contribution >= 0.6 is 15.6 Å². The van der Waals surface area contributed by atoms with Crippen molar-refractivity contribution >= 4 is 50.6 Å². The molecule has 1 aromatic carbocycles. The SMILES string of the molecule is CCCC1O[C@@H]2C[C@H]3[C@@H]4CCC5=CC(=O)C=C[C@]5(C)[C@H]4[C@@H](O)C[C@]3(C)[C@]2(C(=O)COP(=O)(O)OP(=O)(O)OCc2ccc(NC(=O)[C@H](CCCNC(N)=O)CCC(=O)[C@@H](C)C(C)C)cc2)O1. The maximum absolute atomic E-state index is 14.5. The summed E-state index contributed by atoms with van der Waals surface area (Å²) in [6.07, 6.45) is 7.07. The van der Waals surface area contributed by atoms with Crippen molar-refractivity contribution < 1.29 is 70.8 Å². The highest BCUT2D eigenvalue weighted by molar-refractivity contribution is 7.61. The first-order valence-electron chi connectivity index (χ1n) is 23.1. The van der Waals surface area contributed by atoms with E-state index in [9.17, 15) is 48.0 Å². The van der Waals surface area contributed by atoms with Crippen LogP contribution in [0.3, 0.4) is 0 Å². The largest absolute Gasteiger partial charge is 0.481 e. The van der Waals surface area contributed by atoms with Crippen LogP contribution in [0.25, 0.3) is 0 Å². The Labute approximate surface area is 386 Å². The fraction of sp³-hybridized carbons (Fsp3) is 0.674. The van der Waals surface area contributed by atoms with E-state index in [2.05, 4.69) is 14.9 Å². The van der Waals surface area contributed by atoms with Gasteiger partial charge in [-0.25, -0.2) is 13.9 Å². The Balaban J connectivity index is 1.06. The predicted octanol–water partition coefficient (Wildman–Crippen LogP) is 6.82. The number of urea groups is 1. The Morgan fingerprint density at radius 2 is 1.73 bits per heavy atom. The Hall–Kier alpha value is -3.41. The fourth-order valence-electron chi connectivity index (χ4n) is 11.4. The van der Waals surface area contributed by atoms with Gasteiger partial charge in [0.2, 0.25) is 5.91 Å². The first-order chi connectivity index (χ1) is 30.9. The first-order valence-corrected chi connectivity index (χ1v) is 26.0. The van der Waals surface area contributed by atoms with E-state index < -0.39 is 81.5 Å². The molecule has 4 fully saturated rings. The number of allylic oxidation sites excluding steroid dienone is 4. The number of fused-ring (bicyclic) bond motifs is 7. The summed E-state index contributed by atoms with van der Waals surface area (Å²) in [5.74, 6) is -2.13. The first kappa shape index (κ1) is 52.0. The zero-order valence-corrected chi connectivity index (χ0v) is 40.4. The molecule has 366 valence electrons. The lowest BCUT2D eigenvalue weighted by molar-refractivity contribution is -0.200. The topological polar surface area (TPSA) is 276 Å². The smallest absolute Gasteiger partial charge is 0.393 e. The number of phosphoric acid groups is 2. The molecule has 3 amide bonds. The molecular formula is C46H67N3O15P2. The van der Waals surface area contributed by atoms with Gasteiger partial charge in [-0.2, -0.15) is 4.31 Å². The number of benzene rings is 1. The summed E-state index contributed by atoms with van der Waals surface area (Å²) < 4.78 is 53.8. The van der Waals surface area contributed by atoms with E-state index in [0.29, 0.717) is 62.6 Å². The van der Waals surface area contributed by atoms with E-state index in [0.717, 1.165) is 5.57 Å². The second-order valence-corrected chi connectivity index (χ2v) is 22.5. The number of aliphatic hydroxyl groups is 1. The summed E-state index contributed by atoms with van der Waals surface area (Å²) in [4.78, 5) is 85.1. The van der Waals surface area contributed by atoms with Crippen molar-refractivity contribution in [2.45, 2.75) is 136 Å².